The van der Waals surface area contributed by atoms with E-state index in [-0.39, 0.29) is 11.8 Å². The van der Waals surface area contributed by atoms with Crippen molar-refractivity contribution in [2.24, 2.45) is 5.92 Å². The van der Waals surface area contributed by atoms with E-state index in [2.05, 4.69) is 15.3 Å². The number of carbonyl (C=O) groups is 2. The zero-order valence-corrected chi connectivity index (χ0v) is 18.2. The van der Waals surface area contributed by atoms with Crippen LogP contribution in [0.2, 0.25) is 0 Å². The van der Waals surface area contributed by atoms with Crippen LogP contribution in [0.4, 0.5) is 5.69 Å². The summed E-state index contributed by atoms with van der Waals surface area (Å²) in [4.78, 5) is 35.0. The molecule has 1 aromatic carbocycles. The molecule has 0 atom stereocenters. The summed E-state index contributed by atoms with van der Waals surface area (Å²) in [6, 6.07) is 15.1. The van der Waals surface area contributed by atoms with Crippen LogP contribution in [0.15, 0.2) is 60.9 Å². The Morgan fingerprint density at radius 2 is 1.88 bits per heavy atom. The topological polar surface area (TPSA) is 84.4 Å². The van der Waals surface area contributed by atoms with Gasteiger partial charge >= 0.3 is 0 Å². The Balaban J connectivity index is 1.40. The maximum atomic E-state index is 12.5. The lowest BCUT2D eigenvalue weighted by molar-refractivity contribution is -0.117. The first kappa shape index (κ1) is 21.6. The minimum absolute atomic E-state index is 0.0135. The van der Waals surface area contributed by atoms with E-state index in [1.54, 1.807) is 30.3 Å². The fraction of sp³-hybridized carbons (Fsp3) is 0.280. The second-order valence-corrected chi connectivity index (χ2v) is 7.94. The summed E-state index contributed by atoms with van der Waals surface area (Å²) in [5.41, 5.74) is 4.91. The van der Waals surface area contributed by atoms with Gasteiger partial charge in [-0.2, -0.15) is 0 Å². The van der Waals surface area contributed by atoms with Crippen LogP contribution in [0, 0.1) is 12.8 Å². The van der Waals surface area contributed by atoms with Gasteiger partial charge in [-0.1, -0.05) is 18.2 Å². The van der Waals surface area contributed by atoms with Gasteiger partial charge in [0.1, 0.15) is 0 Å². The van der Waals surface area contributed by atoms with Crippen LogP contribution >= 0.6 is 0 Å². The molecule has 4 rings (SSSR count). The van der Waals surface area contributed by atoms with Gasteiger partial charge in [0.25, 0.3) is 5.91 Å². The van der Waals surface area contributed by atoms with Gasteiger partial charge in [-0.15, -0.1) is 0 Å². The number of amides is 2. The molecule has 2 aromatic heterocycles. The molecule has 0 bridgehead atoms. The monoisotopic (exact) mass is 430 g/mol. The number of nitrogens with zero attached hydrogens (tertiary/aromatic N) is 3. The fourth-order valence-corrected chi connectivity index (χ4v) is 3.56. The lowest BCUT2D eigenvalue weighted by Crippen LogP contribution is -2.41. The van der Waals surface area contributed by atoms with E-state index < -0.39 is 0 Å². The molecule has 164 valence electrons. The van der Waals surface area contributed by atoms with E-state index >= 15 is 0 Å². The van der Waals surface area contributed by atoms with Crippen molar-refractivity contribution in [1.82, 2.24) is 15.3 Å². The number of anilines is 1. The van der Waals surface area contributed by atoms with E-state index in [1.165, 1.54) is 0 Å². The van der Waals surface area contributed by atoms with Gasteiger partial charge in [-0.25, -0.2) is 0 Å². The van der Waals surface area contributed by atoms with Crippen molar-refractivity contribution in [3.63, 3.8) is 0 Å². The minimum Gasteiger partial charge on any atom is -0.381 e. The van der Waals surface area contributed by atoms with E-state index in [1.807, 2.05) is 49.4 Å². The molecule has 0 spiro atoms. The molecule has 0 aliphatic carbocycles. The van der Waals surface area contributed by atoms with E-state index in [0.717, 1.165) is 28.2 Å². The highest BCUT2D eigenvalue weighted by Gasteiger charge is 2.24. The summed E-state index contributed by atoms with van der Waals surface area (Å²) in [6.45, 7) is 5.98. The van der Waals surface area contributed by atoms with Crippen LogP contribution in [-0.2, 0) is 16.1 Å². The summed E-state index contributed by atoms with van der Waals surface area (Å²) in [5.74, 6) is 0.223. The molecule has 1 N–H and O–H groups in total. The second-order valence-electron chi connectivity index (χ2n) is 7.94. The smallest absolute Gasteiger partial charge is 0.253 e. The number of ether oxygens (including phenoxy) is 1. The molecule has 32 heavy (non-hydrogen) atoms. The maximum absolute atomic E-state index is 12.5. The first-order valence-electron chi connectivity index (χ1n) is 10.6. The molecular weight excluding hydrogens is 404 g/mol. The average Bonchev–Trinajstić information content (AvgIpc) is 2.78. The second kappa shape index (κ2) is 9.70. The van der Waals surface area contributed by atoms with E-state index in [9.17, 15) is 9.59 Å². The standard InChI is InChI=1S/C25H26N4O3/c1-17-21(4-3-11-26-17)12-28-25(31)22-7-10-24(27-13-22)20-5-8-23(9-6-20)29(18(2)30)14-19-15-32-16-19/h3-11,13,19H,12,14-16H2,1-2H3,(H,28,31). The summed E-state index contributed by atoms with van der Waals surface area (Å²) in [5, 5.41) is 2.91. The third kappa shape index (κ3) is 5.00. The minimum atomic E-state index is -0.181. The molecule has 7 nitrogen and oxygen atoms in total. The summed E-state index contributed by atoms with van der Waals surface area (Å²) >= 11 is 0. The summed E-state index contributed by atoms with van der Waals surface area (Å²) in [7, 11) is 0. The van der Waals surface area contributed by atoms with Crippen LogP contribution < -0.4 is 10.2 Å². The van der Waals surface area contributed by atoms with E-state index in [4.69, 9.17) is 4.74 Å². The Morgan fingerprint density at radius 3 is 2.47 bits per heavy atom. The van der Waals surface area contributed by atoms with Gasteiger partial charge in [-0.05, 0) is 42.8 Å². The molecule has 0 radical (unpaired) electrons. The Morgan fingerprint density at radius 1 is 1.09 bits per heavy atom. The first-order chi connectivity index (χ1) is 15.5. The molecule has 1 saturated heterocycles. The van der Waals surface area contributed by atoms with Gasteiger partial charge in [-0.3, -0.25) is 19.6 Å². The Bertz CT molecular complexity index is 1090. The van der Waals surface area contributed by atoms with Crippen molar-refractivity contribution in [3.8, 4) is 11.3 Å². The number of aromatic nitrogens is 2. The molecular formula is C25H26N4O3. The first-order valence-corrected chi connectivity index (χ1v) is 10.6. The molecule has 1 fully saturated rings. The molecule has 0 unspecified atom stereocenters. The SMILES string of the molecule is CC(=O)N(CC1COC1)c1ccc(-c2ccc(C(=O)NCc3cccnc3C)cn2)cc1. The Kier molecular flexibility index (Phi) is 6.56. The van der Waals surface area contributed by atoms with Gasteiger partial charge in [0.05, 0.1) is 24.5 Å². The van der Waals surface area contributed by atoms with Gasteiger partial charge < -0.3 is 15.0 Å². The van der Waals surface area contributed by atoms with Crippen molar-refractivity contribution in [1.29, 1.82) is 0 Å². The third-order valence-electron chi connectivity index (χ3n) is 5.58. The van der Waals surface area contributed by atoms with Crippen LogP contribution in [0.1, 0.15) is 28.5 Å². The number of aryl methyl sites for hydroxylation is 1. The number of carbonyl (C=O) groups excluding carboxylic acids is 2. The Labute approximate surface area is 187 Å². The maximum Gasteiger partial charge on any atom is 0.253 e. The molecule has 3 aromatic rings. The molecule has 7 heteroatoms. The van der Waals surface area contributed by atoms with Crippen LogP contribution in [0.5, 0.6) is 0 Å². The van der Waals surface area contributed by atoms with Gasteiger partial charge in [0.15, 0.2) is 0 Å². The number of hydrogen-bond donors (Lipinski definition) is 1. The van der Waals surface area contributed by atoms with Crippen LogP contribution in [0.25, 0.3) is 11.3 Å². The lowest BCUT2D eigenvalue weighted by atomic mass is 10.1. The third-order valence-corrected chi connectivity index (χ3v) is 5.58. The highest BCUT2D eigenvalue weighted by molar-refractivity contribution is 5.94. The molecule has 0 saturated carbocycles. The predicted octanol–water partition coefficient (Wildman–Crippen LogP) is 3.38. The number of hydrogen-bond acceptors (Lipinski definition) is 5. The van der Waals surface area contributed by atoms with Crippen molar-refractivity contribution < 1.29 is 14.3 Å². The van der Waals surface area contributed by atoms with Crippen molar-refractivity contribution in [2.45, 2.75) is 20.4 Å². The van der Waals surface area contributed by atoms with Crippen molar-refractivity contribution in [3.05, 3.63) is 77.7 Å². The summed E-state index contributed by atoms with van der Waals surface area (Å²) < 4.78 is 5.22. The quantitative estimate of drug-likeness (QED) is 0.621. The lowest BCUT2D eigenvalue weighted by Gasteiger charge is -2.32. The normalized spacial score (nSPS) is 13.3. The van der Waals surface area contributed by atoms with Gasteiger partial charge in [0.2, 0.25) is 5.91 Å². The average molecular weight is 431 g/mol. The Hall–Kier alpha value is -3.58. The largest absolute Gasteiger partial charge is 0.381 e. The van der Waals surface area contributed by atoms with Crippen molar-refractivity contribution >= 4 is 17.5 Å². The number of pyridine rings is 2. The van der Waals surface area contributed by atoms with Crippen molar-refractivity contribution in [2.75, 3.05) is 24.7 Å². The fourth-order valence-electron chi connectivity index (χ4n) is 3.56. The number of benzene rings is 1. The number of rotatable bonds is 7. The highest BCUT2D eigenvalue weighted by Crippen LogP contribution is 2.24. The molecule has 3 heterocycles. The van der Waals surface area contributed by atoms with Crippen LogP contribution in [0.3, 0.4) is 0 Å². The highest BCUT2D eigenvalue weighted by atomic mass is 16.5. The number of nitrogens with one attached hydrogen (secondary N) is 1. The van der Waals surface area contributed by atoms with Crippen LogP contribution in [-0.4, -0.2) is 41.5 Å². The van der Waals surface area contributed by atoms with E-state index in [0.29, 0.717) is 37.8 Å². The van der Waals surface area contributed by atoms with Gasteiger partial charge in [0, 0.05) is 55.3 Å². The molecule has 1 aliphatic heterocycles. The summed E-state index contributed by atoms with van der Waals surface area (Å²) in [6.07, 6.45) is 3.31. The zero-order valence-electron chi connectivity index (χ0n) is 18.2. The zero-order chi connectivity index (χ0) is 22.5. The molecule has 2 amide bonds. The predicted molar refractivity (Wildman–Crippen MR) is 122 cm³/mol. The molecule has 1 aliphatic rings.